The highest BCUT2D eigenvalue weighted by Crippen LogP contribution is 2.39. The number of benzene rings is 1. The Bertz CT molecular complexity index is 780. The van der Waals surface area contributed by atoms with E-state index in [2.05, 4.69) is 18.8 Å². The number of hydrogen-bond donors (Lipinski definition) is 1. The molecule has 0 amide bonds. The summed E-state index contributed by atoms with van der Waals surface area (Å²) in [6.45, 7) is 4.82. The molecule has 2 aromatic rings. The summed E-state index contributed by atoms with van der Waals surface area (Å²) >= 11 is 0. The number of carboxylic acid groups (broad SMARTS) is 1. The summed E-state index contributed by atoms with van der Waals surface area (Å²) in [4.78, 5) is 16.6. The second-order valence-corrected chi connectivity index (χ2v) is 7.22. The van der Waals surface area contributed by atoms with Gasteiger partial charge in [0.05, 0.1) is 17.9 Å². The molecule has 1 aromatic carbocycles. The first-order valence-electron chi connectivity index (χ1n) is 8.24. The van der Waals surface area contributed by atoms with Crippen molar-refractivity contribution in [3.8, 4) is 11.3 Å². The maximum Gasteiger partial charge on any atom is 0.338 e. The van der Waals surface area contributed by atoms with Crippen molar-refractivity contribution in [3.05, 3.63) is 52.7 Å². The molecule has 1 aliphatic rings. The minimum absolute atomic E-state index is 0.113. The van der Waals surface area contributed by atoms with Gasteiger partial charge < -0.3 is 9.84 Å². The fourth-order valence-electron chi connectivity index (χ4n) is 3.51. The zero-order valence-electron chi connectivity index (χ0n) is 14.4. The van der Waals surface area contributed by atoms with Gasteiger partial charge in [0.2, 0.25) is 0 Å². The SMILES string of the molecule is COCc1ccccc1-c1ncc2c(c1C(=O)O)CC(C)(C)CC2. The van der Waals surface area contributed by atoms with Gasteiger partial charge in [0.15, 0.2) is 0 Å². The van der Waals surface area contributed by atoms with Gasteiger partial charge in [0, 0.05) is 18.9 Å². The van der Waals surface area contributed by atoms with Crippen molar-refractivity contribution in [3.63, 3.8) is 0 Å². The standard InChI is InChI=1S/C20H23NO3/c1-20(2)9-8-13-11-21-18(17(19(22)23)16(13)10-20)15-7-5-4-6-14(15)12-24-3/h4-7,11H,8-10,12H2,1-3H3,(H,22,23). The molecular weight excluding hydrogens is 302 g/mol. The highest BCUT2D eigenvalue weighted by Gasteiger charge is 2.31. The van der Waals surface area contributed by atoms with Gasteiger partial charge in [-0.15, -0.1) is 0 Å². The highest BCUT2D eigenvalue weighted by atomic mass is 16.5. The molecule has 1 aliphatic carbocycles. The van der Waals surface area contributed by atoms with E-state index in [1.165, 1.54) is 0 Å². The number of aromatic nitrogens is 1. The van der Waals surface area contributed by atoms with Crippen LogP contribution in [0.25, 0.3) is 11.3 Å². The third-order valence-corrected chi connectivity index (χ3v) is 4.79. The average Bonchev–Trinajstić information content (AvgIpc) is 2.53. The number of hydrogen-bond acceptors (Lipinski definition) is 3. The van der Waals surface area contributed by atoms with Crippen LogP contribution < -0.4 is 0 Å². The molecule has 0 fully saturated rings. The lowest BCUT2D eigenvalue weighted by atomic mass is 9.73. The average molecular weight is 325 g/mol. The van der Waals surface area contributed by atoms with Gasteiger partial charge in [-0.3, -0.25) is 4.98 Å². The quantitative estimate of drug-likeness (QED) is 0.919. The number of rotatable bonds is 4. The summed E-state index contributed by atoms with van der Waals surface area (Å²) in [5, 5.41) is 9.90. The Morgan fingerprint density at radius 2 is 2.08 bits per heavy atom. The van der Waals surface area contributed by atoms with Crippen molar-refractivity contribution in [2.45, 2.75) is 39.7 Å². The fraction of sp³-hybridized carbons (Fsp3) is 0.400. The highest BCUT2D eigenvalue weighted by molar-refractivity contribution is 5.97. The van der Waals surface area contributed by atoms with Gasteiger partial charge >= 0.3 is 5.97 Å². The van der Waals surface area contributed by atoms with Crippen LogP contribution in [0.1, 0.15) is 47.3 Å². The lowest BCUT2D eigenvalue weighted by Crippen LogP contribution is -2.25. The van der Waals surface area contributed by atoms with E-state index in [9.17, 15) is 9.90 Å². The summed E-state index contributed by atoms with van der Waals surface area (Å²) in [7, 11) is 1.64. The van der Waals surface area contributed by atoms with Crippen molar-refractivity contribution in [2.24, 2.45) is 5.41 Å². The number of fused-ring (bicyclic) bond motifs is 1. The van der Waals surface area contributed by atoms with Crippen molar-refractivity contribution in [1.82, 2.24) is 4.98 Å². The maximum atomic E-state index is 12.1. The van der Waals surface area contributed by atoms with Crippen molar-refractivity contribution >= 4 is 5.97 Å². The van der Waals surface area contributed by atoms with Gasteiger partial charge in [0.1, 0.15) is 0 Å². The fourth-order valence-corrected chi connectivity index (χ4v) is 3.51. The molecule has 1 N–H and O–H groups in total. The van der Waals surface area contributed by atoms with E-state index in [-0.39, 0.29) is 5.41 Å². The molecule has 4 nitrogen and oxygen atoms in total. The van der Waals surface area contributed by atoms with Crippen molar-refractivity contribution < 1.29 is 14.6 Å². The Morgan fingerprint density at radius 3 is 2.79 bits per heavy atom. The topological polar surface area (TPSA) is 59.4 Å². The van der Waals surface area contributed by atoms with Gasteiger partial charge in [-0.25, -0.2) is 4.79 Å². The molecule has 0 saturated carbocycles. The molecular formula is C20H23NO3. The Kier molecular flexibility index (Phi) is 4.41. The lowest BCUT2D eigenvalue weighted by Gasteiger charge is -2.32. The molecule has 0 atom stereocenters. The van der Waals surface area contributed by atoms with E-state index >= 15 is 0 Å². The number of methoxy groups -OCH3 is 1. The number of pyridine rings is 1. The molecule has 0 saturated heterocycles. The molecule has 0 radical (unpaired) electrons. The summed E-state index contributed by atoms with van der Waals surface area (Å²) in [5.41, 5.74) is 4.81. The van der Waals surface area contributed by atoms with Crippen LogP contribution in [-0.4, -0.2) is 23.2 Å². The zero-order valence-corrected chi connectivity index (χ0v) is 14.4. The molecule has 4 heteroatoms. The number of carboxylic acids is 1. The maximum absolute atomic E-state index is 12.1. The zero-order chi connectivity index (χ0) is 17.3. The Labute approximate surface area is 142 Å². The van der Waals surface area contributed by atoms with E-state index in [4.69, 9.17) is 4.74 Å². The first kappa shape index (κ1) is 16.7. The molecule has 1 heterocycles. The third-order valence-electron chi connectivity index (χ3n) is 4.79. The summed E-state index contributed by atoms with van der Waals surface area (Å²) in [6, 6.07) is 7.71. The first-order valence-corrected chi connectivity index (χ1v) is 8.24. The van der Waals surface area contributed by atoms with Crippen LogP contribution in [0, 0.1) is 5.41 Å². The van der Waals surface area contributed by atoms with E-state index in [1.54, 1.807) is 7.11 Å². The van der Waals surface area contributed by atoms with E-state index in [0.717, 1.165) is 41.5 Å². The van der Waals surface area contributed by atoms with Crippen LogP contribution in [0.4, 0.5) is 0 Å². The normalized spacial score (nSPS) is 15.8. The van der Waals surface area contributed by atoms with Crippen LogP contribution >= 0.6 is 0 Å². The Balaban J connectivity index is 2.22. The minimum Gasteiger partial charge on any atom is -0.478 e. The molecule has 24 heavy (non-hydrogen) atoms. The number of ether oxygens (including phenoxy) is 1. The predicted octanol–water partition coefficient (Wildman–Crippen LogP) is 4.11. The second-order valence-electron chi connectivity index (χ2n) is 7.22. The van der Waals surface area contributed by atoms with Crippen LogP contribution in [0.3, 0.4) is 0 Å². The van der Waals surface area contributed by atoms with Crippen LogP contribution in [0.5, 0.6) is 0 Å². The predicted molar refractivity (Wildman–Crippen MR) is 93.2 cm³/mol. The smallest absolute Gasteiger partial charge is 0.338 e. The minimum atomic E-state index is -0.903. The summed E-state index contributed by atoms with van der Waals surface area (Å²) < 4.78 is 5.26. The van der Waals surface area contributed by atoms with Crippen LogP contribution in [0.15, 0.2) is 30.5 Å². The van der Waals surface area contributed by atoms with Gasteiger partial charge in [-0.1, -0.05) is 38.1 Å². The Hall–Kier alpha value is -2.20. The largest absolute Gasteiger partial charge is 0.478 e. The van der Waals surface area contributed by atoms with Crippen molar-refractivity contribution in [1.29, 1.82) is 0 Å². The Morgan fingerprint density at radius 1 is 1.33 bits per heavy atom. The second kappa shape index (κ2) is 6.36. The van der Waals surface area contributed by atoms with Crippen molar-refractivity contribution in [2.75, 3.05) is 7.11 Å². The number of nitrogens with zero attached hydrogens (tertiary/aromatic N) is 1. The van der Waals surface area contributed by atoms with Gasteiger partial charge in [0.25, 0.3) is 0 Å². The molecule has 3 rings (SSSR count). The molecule has 0 spiro atoms. The van der Waals surface area contributed by atoms with Gasteiger partial charge in [-0.05, 0) is 41.4 Å². The number of aryl methyl sites for hydroxylation is 1. The lowest BCUT2D eigenvalue weighted by molar-refractivity contribution is 0.0695. The molecule has 1 aromatic heterocycles. The third kappa shape index (κ3) is 3.06. The molecule has 126 valence electrons. The summed E-state index contributed by atoms with van der Waals surface area (Å²) in [5.74, 6) is -0.903. The number of aromatic carboxylic acids is 1. The molecule has 0 unspecified atom stereocenters. The van der Waals surface area contributed by atoms with E-state index in [1.807, 2.05) is 30.5 Å². The molecule has 0 aliphatic heterocycles. The summed E-state index contributed by atoms with van der Waals surface area (Å²) in [6.07, 6.45) is 4.57. The van der Waals surface area contributed by atoms with E-state index < -0.39 is 5.97 Å². The van der Waals surface area contributed by atoms with Gasteiger partial charge in [-0.2, -0.15) is 0 Å². The van der Waals surface area contributed by atoms with Crippen LogP contribution in [0.2, 0.25) is 0 Å². The van der Waals surface area contributed by atoms with Crippen LogP contribution in [-0.2, 0) is 24.2 Å². The first-order chi connectivity index (χ1) is 11.4. The monoisotopic (exact) mass is 325 g/mol. The molecule has 0 bridgehead atoms. The number of carbonyl (C=O) groups is 1. The van der Waals surface area contributed by atoms with E-state index in [0.29, 0.717) is 17.9 Å².